The molecule has 0 aliphatic heterocycles. The number of hydrogen-bond donors (Lipinski definition) is 0. The third-order valence-electron chi connectivity index (χ3n) is 1.88. The number of aryl methyl sites for hydroxylation is 1. The average molecular weight is 277 g/mol. The van der Waals surface area contributed by atoms with Crippen LogP contribution in [0.4, 0.5) is 0 Å². The van der Waals surface area contributed by atoms with Gasteiger partial charge in [-0.1, -0.05) is 29.8 Å². The van der Waals surface area contributed by atoms with Gasteiger partial charge in [0.2, 0.25) is 8.87 Å². The molecule has 16 heavy (non-hydrogen) atoms. The Kier molecular flexibility index (Phi) is 5.38. The summed E-state index contributed by atoms with van der Waals surface area (Å²) in [4.78, 5) is 0.349. The Morgan fingerprint density at radius 3 is 2.44 bits per heavy atom. The number of allylic oxidation sites excluding steroid dienone is 1. The van der Waals surface area contributed by atoms with Crippen LogP contribution >= 0.6 is 22.4 Å². The summed E-state index contributed by atoms with van der Waals surface area (Å²) < 4.78 is 23.6. The van der Waals surface area contributed by atoms with E-state index in [2.05, 4.69) is 0 Å². The highest BCUT2D eigenvalue weighted by Gasteiger charge is 2.13. The molecule has 0 aromatic heterocycles. The maximum absolute atomic E-state index is 11.8. The zero-order chi connectivity index (χ0) is 12.0. The molecule has 0 saturated carbocycles. The standard InChI is InChI=1S/C11H13ClO2S2/c1-10-4-6-11(7-5-10)16(13,14)15-9-3-2-8-12/h2-7H,8-9H2,1H3/b3-2+. The van der Waals surface area contributed by atoms with Crippen LogP contribution in [0.1, 0.15) is 5.56 Å². The number of alkyl halides is 1. The van der Waals surface area contributed by atoms with Gasteiger partial charge in [0.1, 0.15) is 0 Å². The number of benzene rings is 1. The minimum atomic E-state index is -3.24. The highest BCUT2D eigenvalue weighted by molar-refractivity contribution is 8.72. The van der Waals surface area contributed by atoms with E-state index in [-0.39, 0.29) is 0 Å². The Labute approximate surface area is 105 Å². The van der Waals surface area contributed by atoms with Crippen molar-refractivity contribution in [3.8, 4) is 0 Å². The summed E-state index contributed by atoms with van der Waals surface area (Å²) >= 11 is 5.44. The van der Waals surface area contributed by atoms with E-state index in [4.69, 9.17) is 11.6 Å². The Hall–Kier alpha value is -0.450. The molecule has 0 spiro atoms. The van der Waals surface area contributed by atoms with Crippen molar-refractivity contribution in [1.82, 2.24) is 0 Å². The second kappa shape index (κ2) is 6.33. The van der Waals surface area contributed by atoms with Crippen molar-refractivity contribution >= 4 is 31.3 Å². The molecule has 0 unspecified atom stereocenters. The molecule has 0 aliphatic carbocycles. The van der Waals surface area contributed by atoms with Crippen LogP contribution in [0.2, 0.25) is 0 Å². The van der Waals surface area contributed by atoms with E-state index in [1.54, 1.807) is 36.4 Å². The number of rotatable bonds is 5. The number of halogens is 1. The van der Waals surface area contributed by atoms with Gasteiger partial charge in [-0.25, -0.2) is 8.42 Å². The van der Waals surface area contributed by atoms with E-state index < -0.39 is 8.87 Å². The van der Waals surface area contributed by atoms with Gasteiger partial charge in [0.25, 0.3) is 0 Å². The lowest BCUT2D eigenvalue weighted by atomic mass is 10.2. The molecule has 0 saturated heterocycles. The van der Waals surface area contributed by atoms with E-state index in [0.717, 1.165) is 16.4 Å². The van der Waals surface area contributed by atoms with Crippen LogP contribution in [0.3, 0.4) is 0 Å². The summed E-state index contributed by atoms with van der Waals surface area (Å²) in [5.74, 6) is 0.827. The normalized spacial score (nSPS) is 12.1. The molecule has 88 valence electrons. The molecule has 5 heteroatoms. The van der Waals surface area contributed by atoms with Gasteiger partial charge in [-0.3, -0.25) is 0 Å². The maximum Gasteiger partial charge on any atom is 0.230 e. The van der Waals surface area contributed by atoms with Crippen LogP contribution < -0.4 is 0 Å². The monoisotopic (exact) mass is 276 g/mol. The van der Waals surface area contributed by atoms with E-state index in [1.165, 1.54) is 0 Å². The van der Waals surface area contributed by atoms with E-state index in [1.807, 2.05) is 6.92 Å². The Morgan fingerprint density at radius 1 is 1.25 bits per heavy atom. The highest BCUT2D eigenvalue weighted by Crippen LogP contribution is 2.23. The van der Waals surface area contributed by atoms with Gasteiger partial charge in [0.15, 0.2) is 0 Å². The lowest BCUT2D eigenvalue weighted by molar-refractivity contribution is 0.610. The van der Waals surface area contributed by atoms with Gasteiger partial charge >= 0.3 is 0 Å². The first-order valence-electron chi connectivity index (χ1n) is 4.73. The molecule has 0 bridgehead atoms. The fourth-order valence-corrected chi connectivity index (χ4v) is 3.67. The van der Waals surface area contributed by atoms with Crippen LogP contribution in [0.5, 0.6) is 0 Å². The van der Waals surface area contributed by atoms with Crippen LogP contribution in [-0.4, -0.2) is 20.1 Å². The molecule has 0 amide bonds. The molecule has 1 rings (SSSR count). The first-order chi connectivity index (χ1) is 7.56. The zero-order valence-corrected chi connectivity index (χ0v) is 11.3. The minimum absolute atomic E-state index is 0.349. The Morgan fingerprint density at radius 2 is 1.88 bits per heavy atom. The molecule has 0 radical (unpaired) electrons. The fourth-order valence-electron chi connectivity index (χ4n) is 1.03. The average Bonchev–Trinajstić information content (AvgIpc) is 2.25. The topological polar surface area (TPSA) is 34.1 Å². The highest BCUT2D eigenvalue weighted by atomic mass is 35.5. The second-order valence-corrected chi connectivity index (χ2v) is 7.46. The van der Waals surface area contributed by atoms with Crippen molar-refractivity contribution in [1.29, 1.82) is 0 Å². The molecule has 0 heterocycles. The Balaban J connectivity index is 2.71. The first kappa shape index (κ1) is 13.6. The summed E-state index contributed by atoms with van der Waals surface area (Å²) in [7, 11) is -2.33. The fraction of sp³-hybridized carbons (Fsp3) is 0.273. The smallest absolute Gasteiger partial charge is 0.212 e. The predicted molar refractivity (Wildman–Crippen MR) is 70.7 cm³/mol. The third kappa shape index (κ3) is 4.20. The molecular weight excluding hydrogens is 264 g/mol. The summed E-state index contributed by atoms with van der Waals surface area (Å²) in [6.07, 6.45) is 3.49. The largest absolute Gasteiger partial charge is 0.230 e. The van der Waals surface area contributed by atoms with Crippen LogP contribution in [-0.2, 0) is 8.87 Å². The van der Waals surface area contributed by atoms with Crippen molar-refractivity contribution in [2.45, 2.75) is 11.8 Å². The first-order valence-corrected chi connectivity index (χ1v) is 8.25. The molecule has 0 aliphatic rings. The third-order valence-corrected chi connectivity index (χ3v) is 5.47. The van der Waals surface area contributed by atoms with Crippen LogP contribution in [0.25, 0.3) is 0 Å². The summed E-state index contributed by atoms with van der Waals surface area (Å²) in [5.41, 5.74) is 1.05. The molecule has 0 atom stereocenters. The molecule has 2 nitrogen and oxygen atoms in total. The Bertz CT molecular complexity index is 449. The maximum atomic E-state index is 11.8. The van der Waals surface area contributed by atoms with Crippen molar-refractivity contribution in [2.75, 3.05) is 11.6 Å². The van der Waals surface area contributed by atoms with Gasteiger partial charge in [-0.2, -0.15) is 0 Å². The van der Waals surface area contributed by atoms with Crippen molar-refractivity contribution < 1.29 is 8.42 Å². The van der Waals surface area contributed by atoms with E-state index >= 15 is 0 Å². The molecular formula is C11H13ClO2S2. The molecule has 0 N–H and O–H groups in total. The van der Waals surface area contributed by atoms with Crippen molar-refractivity contribution in [3.05, 3.63) is 42.0 Å². The van der Waals surface area contributed by atoms with Crippen LogP contribution in [0, 0.1) is 6.92 Å². The van der Waals surface area contributed by atoms with E-state index in [9.17, 15) is 8.42 Å². The summed E-state index contributed by atoms with van der Waals surface area (Å²) in [6, 6.07) is 6.84. The van der Waals surface area contributed by atoms with Crippen LogP contribution in [0.15, 0.2) is 41.3 Å². The second-order valence-electron chi connectivity index (χ2n) is 3.18. The summed E-state index contributed by atoms with van der Waals surface area (Å²) in [6.45, 7) is 1.92. The molecule has 0 fully saturated rings. The lowest BCUT2D eigenvalue weighted by Gasteiger charge is -2.02. The van der Waals surface area contributed by atoms with Gasteiger partial charge < -0.3 is 0 Å². The molecule has 1 aromatic rings. The SMILES string of the molecule is Cc1ccc(S(=O)(=O)SC/C=C/CCl)cc1. The predicted octanol–water partition coefficient (Wildman–Crippen LogP) is 3.21. The van der Waals surface area contributed by atoms with Gasteiger partial charge in [0, 0.05) is 11.6 Å². The minimum Gasteiger partial charge on any atom is -0.212 e. The van der Waals surface area contributed by atoms with Gasteiger partial charge in [-0.15, -0.1) is 11.6 Å². The molecule has 1 aromatic carbocycles. The van der Waals surface area contributed by atoms with Gasteiger partial charge in [0.05, 0.1) is 4.90 Å². The van der Waals surface area contributed by atoms with Crippen molar-refractivity contribution in [3.63, 3.8) is 0 Å². The lowest BCUT2D eigenvalue weighted by Crippen LogP contribution is -1.95. The van der Waals surface area contributed by atoms with Gasteiger partial charge in [-0.05, 0) is 29.9 Å². The quantitative estimate of drug-likeness (QED) is 0.470. The number of hydrogen-bond acceptors (Lipinski definition) is 3. The van der Waals surface area contributed by atoms with Crippen molar-refractivity contribution in [2.24, 2.45) is 0 Å². The van der Waals surface area contributed by atoms with E-state index in [0.29, 0.717) is 16.5 Å². The summed E-state index contributed by atoms with van der Waals surface area (Å²) in [5, 5.41) is 0. The zero-order valence-electron chi connectivity index (χ0n) is 8.89.